The van der Waals surface area contributed by atoms with Crippen LogP contribution in [0.15, 0.2) is 16.9 Å². The number of nitrogens with one attached hydrogen (secondary N) is 1. The number of fused-ring (bicyclic) bond motifs is 1. The van der Waals surface area contributed by atoms with Crippen molar-refractivity contribution in [3.63, 3.8) is 0 Å². The Morgan fingerprint density at radius 1 is 1.35 bits per heavy atom. The number of halogens is 1. The van der Waals surface area contributed by atoms with Gasteiger partial charge in [-0.1, -0.05) is 6.07 Å². The van der Waals surface area contributed by atoms with Gasteiger partial charge in [-0.3, -0.25) is 9.69 Å². The summed E-state index contributed by atoms with van der Waals surface area (Å²) < 4.78 is 13.1. The van der Waals surface area contributed by atoms with Crippen LogP contribution in [0.2, 0.25) is 0 Å². The molecular formula is C17H19FN4O. The van der Waals surface area contributed by atoms with Crippen molar-refractivity contribution in [2.45, 2.75) is 45.2 Å². The van der Waals surface area contributed by atoms with Crippen molar-refractivity contribution >= 4 is 0 Å². The summed E-state index contributed by atoms with van der Waals surface area (Å²) in [6, 6.07) is 3.16. The third-order valence-electron chi connectivity index (χ3n) is 4.69. The molecule has 0 spiro atoms. The Morgan fingerprint density at radius 2 is 2.17 bits per heavy atom. The molecule has 1 aliphatic carbocycles. The molecule has 0 radical (unpaired) electrons. The highest BCUT2D eigenvalue weighted by molar-refractivity contribution is 5.24. The molecule has 2 aromatic rings. The summed E-state index contributed by atoms with van der Waals surface area (Å²) in [6.45, 7) is 3.92. The summed E-state index contributed by atoms with van der Waals surface area (Å²) in [7, 11) is 0. The van der Waals surface area contributed by atoms with Crippen LogP contribution in [0, 0.1) is 12.9 Å². The van der Waals surface area contributed by atoms with Gasteiger partial charge in [-0.2, -0.15) is 4.39 Å². The highest BCUT2D eigenvalue weighted by atomic mass is 19.1. The maximum atomic E-state index is 13.1. The summed E-state index contributed by atoms with van der Waals surface area (Å²) in [5, 5.41) is 0. The molecule has 0 bridgehead atoms. The molecule has 4 rings (SSSR count). The highest BCUT2D eigenvalue weighted by Gasteiger charge is 2.29. The van der Waals surface area contributed by atoms with Gasteiger partial charge in [0.1, 0.15) is 5.82 Å². The van der Waals surface area contributed by atoms with Gasteiger partial charge in [-0.15, -0.1) is 0 Å². The van der Waals surface area contributed by atoms with Crippen molar-refractivity contribution in [3.05, 3.63) is 56.8 Å². The lowest BCUT2D eigenvalue weighted by molar-refractivity contribution is 0.240. The van der Waals surface area contributed by atoms with E-state index in [0.29, 0.717) is 24.7 Å². The standard InChI is InChI=1S/C17H19FN4O/c1-10-12(4-5-15(18)19-10)8-22-7-6-14-13(9-22)17(23)21-16(20-14)11-2-3-11/h4-5,11H,2-3,6-9H2,1H3,(H,20,21,23). The number of rotatable bonds is 3. The molecule has 1 saturated carbocycles. The van der Waals surface area contributed by atoms with Crippen LogP contribution < -0.4 is 5.56 Å². The van der Waals surface area contributed by atoms with Crippen molar-refractivity contribution in [2.75, 3.05) is 6.54 Å². The van der Waals surface area contributed by atoms with Crippen molar-refractivity contribution < 1.29 is 4.39 Å². The number of aryl methyl sites for hydroxylation is 1. The quantitative estimate of drug-likeness (QED) is 0.881. The number of pyridine rings is 1. The van der Waals surface area contributed by atoms with E-state index in [1.165, 1.54) is 6.07 Å². The van der Waals surface area contributed by atoms with Crippen LogP contribution in [-0.4, -0.2) is 26.4 Å². The van der Waals surface area contributed by atoms with Crippen molar-refractivity contribution in [1.82, 2.24) is 19.9 Å². The van der Waals surface area contributed by atoms with Crippen molar-refractivity contribution in [3.8, 4) is 0 Å². The Kier molecular flexibility index (Phi) is 3.49. The predicted molar refractivity (Wildman–Crippen MR) is 83.6 cm³/mol. The molecule has 1 fully saturated rings. The Labute approximate surface area is 133 Å². The SMILES string of the molecule is Cc1nc(F)ccc1CN1CCc2nc(C3CC3)[nH]c(=O)c2C1. The van der Waals surface area contributed by atoms with Crippen molar-refractivity contribution in [1.29, 1.82) is 0 Å². The molecule has 0 saturated heterocycles. The average molecular weight is 314 g/mol. The van der Waals surface area contributed by atoms with Gasteiger partial charge < -0.3 is 4.98 Å². The maximum Gasteiger partial charge on any atom is 0.255 e. The van der Waals surface area contributed by atoms with Gasteiger partial charge in [-0.05, 0) is 31.4 Å². The zero-order valence-corrected chi connectivity index (χ0v) is 13.1. The Hall–Kier alpha value is -2.08. The predicted octanol–water partition coefficient (Wildman–Crippen LogP) is 2.05. The fourth-order valence-corrected chi connectivity index (χ4v) is 3.15. The number of aromatic amines is 1. The van der Waals surface area contributed by atoms with Crippen molar-refractivity contribution in [2.24, 2.45) is 0 Å². The van der Waals surface area contributed by atoms with Crippen LogP contribution in [0.3, 0.4) is 0 Å². The van der Waals surface area contributed by atoms with E-state index in [2.05, 4.69) is 19.9 Å². The second kappa shape index (κ2) is 5.53. The molecule has 0 unspecified atom stereocenters. The minimum Gasteiger partial charge on any atom is -0.310 e. The molecule has 2 aliphatic rings. The van der Waals surface area contributed by atoms with Crippen LogP contribution >= 0.6 is 0 Å². The first-order chi connectivity index (χ1) is 11.1. The number of hydrogen-bond donors (Lipinski definition) is 1. The molecule has 0 aromatic carbocycles. The van der Waals surface area contributed by atoms with E-state index in [0.717, 1.165) is 48.5 Å². The fourth-order valence-electron chi connectivity index (χ4n) is 3.15. The molecular weight excluding hydrogens is 295 g/mol. The minimum absolute atomic E-state index is 0.00412. The molecule has 3 heterocycles. The van der Waals surface area contributed by atoms with Gasteiger partial charge in [0.25, 0.3) is 5.56 Å². The van der Waals surface area contributed by atoms with Gasteiger partial charge in [0, 0.05) is 37.7 Å². The molecule has 2 aromatic heterocycles. The monoisotopic (exact) mass is 314 g/mol. The lowest BCUT2D eigenvalue weighted by Crippen LogP contribution is -2.36. The van der Waals surface area contributed by atoms with Gasteiger partial charge in [0.15, 0.2) is 0 Å². The second-order valence-corrected chi connectivity index (χ2v) is 6.49. The van der Waals surface area contributed by atoms with E-state index in [9.17, 15) is 9.18 Å². The number of hydrogen-bond acceptors (Lipinski definition) is 4. The lowest BCUT2D eigenvalue weighted by Gasteiger charge is -2.28. The van der Waals surface area contributed by atoms with Crippen LogP contribution in [0.5, 0.6) is 0 Å². The van der Waals surface area contributed by atoms with E-state index in [1.54, 1.807) is 6.07 Å². The van der Waals surface area contributed by atoms with Gasteiger partial charge in [0.05, 0.1) is 11.3 Å². The molecule has 0 amide bonds. The summed E-state index contributed by atoms with van der Waals surface area (Å²) in [5.41, 5.74) is 3.41. The molecule has 1 aliphatic heterocycles. The molecule has 0 atom stereocenters. The Bertz CT molecular complexity index is 813. The third-order valence-corrected chi connectivity index (χ3v) is 4.69. The van der Waals surface area contributed by atoms with Crippen LogP contribution in [0.1, 0.15) is 47.1 Å². The second-order valence-electron chi connectivity index (χ2n) is 6.49. The Morgan fingerprint density at radius 3 is 2.91 bits per heavy atom. The fraction of sp³-hybridized carbons (Fsp3) is 0.471. The maximum absolute atomic E-state index is 13.1. The summed E-state index contributed by atoms with van der Waals surface area (Å²) in [5.74, 6) is 0.864. The van der Waals surface area contributed by atoms with E-state index in [4.69, 9.17) is 0 Å². The van der Waals surface area contributed by atoms with Crippen LogP contribution in [-0.2, 0) is 19.5 Å². The van der Waals surface area contributed by atoms with E-state index < -0.39 is 5.95 Å². The number of H-pyrrole nitrogens is 1. The highest BCUT2D eigenvalue weighted by Crippen LogP contribution is 2.37. The lowest BCUT2D eigenvalue weighted by atomic mass is 10.1. The average Bonchev–Trinajstić information content (AvgIpc) is 3.35. The summed E-state index contributed by atoms with van der Waals surface area (Å²) >= 11 is 0. The minimum atomic E-state index is -0.455. The van der Waals surface area contributed by atoms with Gasteiger partial charge in [-0.25, -0.2) is 9.97 Å². The summed E-state index contributed by atoms with van der Waals surface area (Å²) in [4.78, 5) is 26.0. The zero-order chi connectivity index (χ0) is 16.0. The van der Waals surface area contributed by atoms with E-state index in [1.807, 2.05) is 6.92 Å². The van der Waals surface area contributed by atoms with Crippen LogP contribution in [0.25, 0.3) is 0 Å². The first-order valence-electron chi connectivity index (χ1n) is 8.06. The largest absolute Gasteiger partial charge is 0.310 e. The first-order valence-corrected chi connectivity index (χ1v) is 8.06. The molecule has 23 heavy (non-hydrogen) atoms. The third kappa shape index (κ3) is 2.91. The van der Waals surface area contributed by atoms with E-state index >= 15 is 0 Å². The molecule has 5 nitrogen and oxygen atoms in total. The smallest absolute Gasteiger partial charge is 0.255 e. The number of nitrogens with zero attached hydrogens (tertiary/aromatic N) is 3. The van der Waals surface area contributed by atoms with Gasteiger partial charge in [0.2, 0.25) is 5.95 Å². The van der Waals surface area contributed by atoms with Crippen LogP contribution in [0.4, 0.5) is 4.39 Å². The Balaban J connectivity index is 1.55. The van der Waals surface area contributed by atoms with E-state index in [-0.39, 0.29) is 5.56 Å². The summed E-state index contributed by atoms with van der Waals surface area (Å²) in [6.07, 6.45) is 3.04. The zero-order valence-electron chi connectivity index (χ0n) is 13.1. The number of aromatic nitrogens is 3. The van der Waals surface area contributed by atoms with Gasteiger partial charge >= 0.3 is 0 Å². The molecule has 120 valence electrons. The topological polar surface area (TPSA) is 61.9 Å². The molecule has 1 N–H and O–H groups in total. The normalized spacial score (nSPS) is 18.0. The first kappa shape index (κ1) is 14.5. The molecule has 6 heteroatoms.